The number of methoxy groups -OCH3 is 1. The molecule has 17 heavy (non-hydrogen) atoms. The molecule has 6 heteroatoms. The fraction of sp³-hybridized carbons (Fsp3) is 0.0909. The number of hydrogen-bond acceptors (Lipinski definition) is 4. The van der Waals surface area contributed by atoms with Crippen molar-refractivity contribution in [3.05, 3.63) is 41.8 Å². The second-order valence-corrected chi connectivity index (χ2v) is 3.34. The molecule has 1 heterocycles. The molecule has 0 saturated carbocycles. The van der Waals surface area contributed by atoms with E-state index in [4.69, 9.17) is 5.73 Å². The van der Waals surface area contributed by atoms with Gasteiger partial charge in [0, 0.05) is 12.3 Å². The molecular formula is C11H10FN3O2. The zero-order valence-corrected chi connectivity index (χ0v) is 9.05. The summed E-state index contributed by atoms with van der Waals surface area (Å²) in [6.07, 6.45) is 1.53. The minimum atomic E-state index is -0.588. The van der Waals surface area contributed by atoms with E-state index < -0.39 is 11.8 Å². The molecule has 0 aliphatic carbocycles. The highest BCUT2D eigenvalue weighted by molar-refractivity contribution is 5.89. The molecule has 1 aromatic heterocycles. The Labute approximate surface area is 96.6 Å². The molecule has 2 N–H and O–H groups in total. The summed E-state index contributed by atoms with van der Waals surface area (Å²) in [6.45, 7) is 0. The number of ether oxygens (including phenoxy) is 1. The first-order chi connectivity index (χ1) is 8.11. The van der Waals surface area contributed by atoms with Crippen molar-refractivity contribution in [3.63, 3.8) is 0 Å². The van der Waals surface area contributed by atoms with Crippen LogP contribution < -0.4 is 5.73 Å². The Hall–Kier alpha value is -2.37. The molecule has 0 aliphatic rings. The molecule has 0 fully saturated rings. The number of benzene rings is 1. The molecule has 0 unspecified atom stereocenters. The maximum absolute atomic E-state index is 13.7. The minimum Gasteiger partial charge on any atom is -0.465 e. The van der Waals surface area contributed by atoms with Crippen LogP contribution in [0.15, 0.2) is 30.5 Å². The summed E-state index contributed by atoms with van der Waals surface area (Å²) in [5.41, 5.74) is 5.80. The summed E-state index contributed by atoms with van der Waals surface area (Å²) in [6, 6.07) is 5.54. The molecular weight excluding hydrogens is 225 g/mol. The molecule has 0 bridgehead atoms. The van der Waals surface area contributed by atoms with E-state index in [2.05, 4.69) is 9.84 Å². The third-order valence-electron chi connectivity index (χ3n) is 2.23. The smallest absolute Gasteiger partial charge is 0.337 e. The number of rotatable bonds is 2. The lowest BCUT2D eigenvalue weighted by atomic mass is 10.2. The average molecular weight is 235 g/mol. The van der Waals surface area contributed by atoms with E-state index in [-0.39, 0.29) is 11.3 Å². The summed E-state index contributed by atoms with van der Waals surface area (Å²) in [5, 5.41) is 3.87. The number of nitrogen functional groups attached to an aromatic ring is 1. The predicted octanol–water partition coefficient (Wildman–Crippen LogP) is 1.38. The largest absolute Gasteiger partial charge is 0.465 e. The van der Waals surface area contributed by atoms with Crippen LogP contribution in [-0.2, 0) is 4.74 Å². The van der Waals surface area contributed by atoms with E-state index in [1.54, 1.807) is 6.07 Å². The molecule has 0 spiro atoms. The van der Waals surface area contributed by atoms with Gasteiger partial charge < -0.3 is 10.5 Å². The second-order valence-electron chi connectivity index (χ2n) is 3.34. The Morgan fingerprint density at radius 3 is 2.76 bits per heavy atom. The first-order valence-electron chi connectivity index (χ1n) is 4.81. The summed E-state index contributed by atoms with van der Waals surface area (Å²) in [7, 11) is 1.24. The van der Waals surface area contributed by atoms with Gasteiger partial charge in [0.05, 0.1) is 12.7 Å². The number of nitrogens with zero attached hydrogens (tertiary/aromatic N) is 2. The maximum atomic E-state index is 13.7. The van der Waals surface area contributed by atoms with Gasteiger partial charge in [-0.1, -0.05) is 0 Å². The van der Waals surface area contributed by atoms with Gasteiger partial charge in [-0.2, -0.15) is 5.10 Å². The van der Waals surface area contributed by atoms with Crippen LogP contribution in [0.2, 0.25) is 0 Å². The topological polar surface area (TPSA) is 70.1 Å². The lowest BCUT2D eigenvalue weighted by Gasteiger charge is -2.05. The first kappa shape index (κ1) is 11.1. The van der Waals surface area contributed by atoms with Crippen LogP contribution >= 0.6 is 0 Å². The highest BCUT2D eigenvalue weighted by atomic mass is 19.1. The molecule has 0 amide bonds. The van der Waals surface area contributed by atoms with Gasteiger partial charge in [-0.25, -0.2) is 13.9 Å². The monoisotopic (exact) mass is 235 g/mol. The number of hydrogen-bond donors (Lipinski definition) is 1. The van der Waals surface area contributed by atoms with Crippen molar-refractivity contribution in [3.8, 4) is 5.69 Å². The van der Waals surface area contributed by atoms with E-state index in [1.807, 2.05) is 0 Å². The van der Waals surface area contributed by atoms with Gasteiger partial charge >= 0.3 is 5.97 Å². The highest BCUT2D eigenvalue weighted by Crippen LogP contribution is 2.15. The lowest BCUT2D eigenvalue weighted by molar-refractivity contribution is 0.0600. The molecule has 0 saturated heterocycles. The third-order valence-corrected chi connectivity index (χ3v) is 2.23. The first-order valence-corrected chi connectivity index (χ1v) is 4.81. The lowest BCUT2D eigenvalue weighted by Crippen LogP contribution is -2.05. The van der Waals surface area contributed by atoms with E-state index >= 15 is 0 Å². The quantitative estimate of drug-likeness (QED) is 0.798. The van der Waals surface area contributed by atoms with Gasteiger partial charge in [0.2, 0.25) is 0 Å². The van der Waals surface area contributed by atoms with E-state index in [1.165, 1.54) is 30.1 Å². The zero-order valence-electron chi connectivity index (χ0n) is 9.05. The van der Waals surface area contributed by atoms with Crippen molar-refractivity contribution in [1.29, 1.82) is 0 Å². The van der Waals surface area contributed by atoms with E-state index in [0.717, 1.165) is 6.07 Å². The number of esters is 1. The molecule has 0 atom stereocenters. The molecule has 0 aliphatic heterocycles. The number of anilines is 1. The minimum absolute atomic E-state index is 0.147. The fourth-order valence-electron chi connectivity index (χ4n) is 1.41. The summed E-state index contributed by atoms with van der Waals surface area (Å²) in [5.74, 6) is -0.868. The number of aromatic nitrogens is 2. The normalized spacial score (nSPS) is 10.2. The number of halogens is 1. The second kappa shape index (κ2) is 4.25. The highest BCUT2D eigenvalue weighted by Gasteiger charge is 2.11. The van der Waals surface area contributed by atoms with Gasteiger partial charge in [0.25, 0.3) is 0 Å². The van der Waals surface area contributed by atoms with Crippen LogP contribution in [-0.4, -0.2) is 22.9 Å². The summed E-state index contributed by atoms with van der Waals surface area (Å²) in [4.78, 5) is 11.2. The molecule has 88 valence electrons. The van der Waals surface area contributed by atoms with Gasteiger partial charge in [0.15, 0.2) is 0 Å². The Balaban J connectivity index is 2.41. The Morgan fingerprint density at radius 2 is 2.24 bits per heavy atom. The van der Waals surface area contributed by atoms with Crippen molar-refractivity contribution in [2.24, 2.45) is 0 Å². The van der Waals surface area contributed by atoms with Crippen LogP contribution in [0.25, 0.3) is 5.69 Å². The molecule has 0 radical (unpaired) electrons. The van der Waals surface area contributed by atoms with Crippen LogP contribution in [0, 0.1) is 5.82 Å². The number of carbonyl (C=O) groups is 1. The van der Waals surface area contributed by atoms with Crippen molar-refractivity contribution in [1.82, 2.24) is 9.78 Å². The predicted molar refractivity (Wildman–Crippen MR) is 59.3 cm³/mol. The van der Waals surface area contributed by atoms with Crippen LogP contribution in [0.4, 0.5) is 10.2 Å². The average Bonchev–Trinajstić information content (AvgIpc) is 2.74. The van der Waals surface area contributed by atoms with Gasteiger partial charge in [-0.15, -0.1) is 0 Å². The van der Waals surface area contributed by atoms with Crippen molar-refractivity contribution >= 4 is 11.8 Å². The molecule has 5 nitrogen and oxygen atoms in total. The van der Waals surface area contributed by atoms with Gasteiger partial charge in [-0.3, -0.25) is 0 Å². The molecule has 2 aromatic rings. The van der Waals surface area contributed by atoms with E-state index in [9.17, 15) is 9.18 Å². The van der Waals surface area contributed by atoms with Crippen molar-refractivity contribution in [2.45, 2.75) is 0 Å². The Bertz CT molecular complexity index is 566. The van der Waals surface area contributed by atoms with Gasteiger partial charge in [0.1, 0.15) is 17.3 Å². The van der Waals surface area contributed by atoms with Crippen molar-refractivity contribution in [2.75, 3.05) is 12.8 Å². The molecule has 2 rings (SSSR count). The van der Waals surface area contributed by atoms with Crippen molar-refractivity contribution < 1.29 is 13.9 Å². The van der Waals surface area contributed by atoms with E-state index in [0.29, 0.717) is 5.82 Å². The Morgan fingerprint density at radius 1 is 1.47 bits per heavy atom. The molecule has 1 aromatic carbocycles. The van der Waals surface area contributed by atoms with Crippen LogP contribution in [0.3, 0.4) is 0 Å². The van der Waals surface area contributed by atoms with Crippen LogP contribution in [0.5, 0.6) is 0 Å². The third kappa shape index (κ3) is 2.10. The fourth-order valence-corrected chi connectivity index (χ4v) is 1.41. The maximum Gasteiger partial charge on any atom is 0.337 e. The number of carbonyl (C=O) groups excluding carboxylic acids is 1. The Kier molecular flexibility index (Phi) is 2.78. The summed E-state index contributed by atoms with van der Waals surface area (Å²) < 4.78 is 19.5. The number of nitrogens with two attached hydrogens (primary N) is 1. The zero-order chi connectivity index (χ0) is 12.4. The summed E-state index contributed by atoms with van der Waals surface area (Å²) >= 11 is 0. The standard InChI is InChI=1S/C11H10FN3O2/c1-17-11(16)7-2-3-9(8(12)6-7)15-5-4-10(13)14-15/h2-6H,1H3,(H2,13,14). The van der Waals surface area contributed by atoms with Crippen LogP contribution in [0.1, 0.15) is 10.4 Å². The SMILES string of the molecule is COC(=O)c1ccc(-n2ccc(N)n2)c(F)c1. The van der Waals surface area contributed by atoms with Gasteiger partial charge in [-0.05, 0) is 18.2 Å².